The molecule has 0 bridgehead atoms. The normalized spacial score (nSPS) is 19.7. The Morgan fingerprint density at radius 2 is 1.83 bits per heavy atom. The second-order valence-electron chi connectivity index (χ2n) is 8.72. The molecular weight excluding hydrogens is 374 g/mol. The van der Waals surface area contributed by atoms with E-state index in [9.17, 15) is 9.59 Å². The number of nitrogens with one attached hydrogen (secondary N) is 1. The predicted molar refractivity (Wildman–Crippen MR) is 120 cm³/mol. The van der Waals surface area contributed by atoms with Crippen molar-refractivity contribution in [1.82, 2.24) is 9.80 Å². The van der Waals surface area contributed by atoms with Crippen molar-refractivity contribution in [2.75, 3.05) is 32.0 Å². The Bertz CT molecular complexity index is 940. The maximum absolute atomic E-state index is 13.3. The van der Waals surface area contributed by atoms with E-state index < -0.39 is 0 Å². The molecule has 1 N–H and O–H groups in total. The Labute approximate surface area is 179 Å². The number of aryl methyl sites for hydroxylation is 2. The van der Waals surface area contributed by atoms with Gasteiger partial charge in [0.05, 0.1) is 5.92 Å². The summed E-state index contributed by atoms with van der Waals surface area (Å²) in [4.78, 5) is 30.2. The van der Waals surface area contributed by atoms with Crippen LogP contribution in [0.1, 0.15) is 46.3 Å². The van der Waals surface area contributed by atoms with Gasteiger partial charge in [-0.15, -0.1) is 0 Å². The van der Waals surface area contributed by atoms with Crippen molar-refractivity contribution in [2.45, 2.75) is 39.2 Å². The van der Waals surface area contributed by atoms with Crippen LogP contribution in [0.4, 0.5) is 5.69 Å². The minimum absolute atomic E-state index is 0.00427. The Morgan fingerprint density at radius 1 is 1.03 bits per heavy atom. The van der Waals surface area contributed by atoms with Crippen LogP contribution in [0.15, 0.2) is 42.5 Å². The van der Waals surface area contributed by atoms with Crippen LogP contribution in [0.2, 0.25) is 0 Å². The van der Waals surface area contributed by atoms with Gasteiger partial charge in [0, 0.05) is 30.9 Å². The zero-order valence-electron chi connectivity index (χ0n) is 18.0. The van der Waals surface area contributed by atoms with Gasteiger partial charge in [-0.1, -0.05) is 30.3 Å². The number of fused-ring (bicyclic) bond motifs is 1. The Morgan fingerprint density at radius 3 is 2.63 bits per heavy atom. The third kappa shape index (κ3) is 4.57. The van der Waals surface area contributed by atoms with Crippen molar-refractivity contribution in [3.05, 3.63) is 64.7 Å². The maximum atomic E-state index is 13.3. The van der Waals surface area contributed by atoms with E-state index in [0.717, 1.165) is 56.6 Å². The minimum atomic E-state index is 0.00427. The van der Waals surface area contributed by atoms with Gasteiger partial charge in [0.15, 0.2) is 0 Å². The molecule has 5 nitrogen and oxygen atoms in total. The lowest BCUT2D eigenvalue weighted by Gasteiger charge is -2.29. The molecule has 0 aliphatic carbocycles. The molecule has 1 fully saturated rings. The summed E-state index contributed by atoms with van der Waals surface area (Å²) in [6.07, 6.45) is 3.93. The van der Waals surface area contributed by atoms with Gasteiger partial charge in [-0.25, -0.2) is 0 Å². The number of anilines is 1. The molecule has 1 saturated heterocycles. The highest BCUT2D eigenvalue weighted by atomic mass is 16.2. The molecule has 5 heteroatoms. The molecule has 0 aromatic heterocycles. The van der Waals surface area contributed by atoms with Gasteiger partial charge in [-0.2, -0.15) is 0 Å². The van der Waals surface area contributed by atoms with Crippen LogP contribution in [0, 0.1) is 12.8 Å². The molecule has 1 unspecified atom stereocenters. The van der Waals surface area contributed by atoms with Crippen molar-refractivity contribution in [2.24, 2.45) is 5.92 Å². The minimum Gasteiger partial charge on any atom is -0.334 e. The predicted octanol–water partition coefficient (Wildman–Crippen LogP) is 3.86. The topological polar surface area (TPSA) is 52.7 Å². The highest BCUT2D eigenvalue weighted by Crippen LogP contribution is 2.24. The number of amides is 2. The third-order valence-electron chi connectivity index (χ3n) is 6.38. The van der Waals surface area contributed by atoms with Crippen LogP contribution in [-0.4, -0.2) is 48.3 Å². The molecule has 4 rings (SSSR count). The van der Waals surface area contributed by atoms with E-state index >= 15 is 0 Å². The summed E-state index contributed by atoms with van der Waals surface area (Å²) in [5.41, 5.74) is 4.92. The van der Waals surface area contributed by atoms with Crippen LogP contribution in [-0.2, 0) is 17.8 Å². The zero-order chi connectivity index (χ0) is 21.1. The SMILES string of the molecule is Cc1ccc(C(=O)N2CCCc3ccccc3C2)cc1NC(=O)C1CCCN(C)C1. The number of hydrogen-bond acceptors (Lipinski definition) is 3. The molecule has 158 valence electrons. The molecule has 2 aromatic rings. The van der Waals surface area contributed by atoms with Crippen LogP contribution < -0.4 is 5.32 Å². The molecule has 2 aromatic carbocycles. The average Bonchev–Trinajstić information content (AvgIpc) is 2.97. The Hall–Kier alpha value is -2.66. The first-order chi connectivity index (χ1) is 14.5. The van der Waals surface area contributed by atoms with Crippen LogP contribution >= 0.6 is 0 Å². The smallest absolute Gasteiger partial charge is 0.254 e. The van der Waals surface area contributed by atoms with E-state index in [0.29, 0.717) is 12.1 Å². The second-order valence-corrected chi connectivity index (χ2v) is 8.72. The molecule has 0 saturated carbocycles. The molecular formula is C25H31N3O2. The number of hydrogen-bond donors (Lipinski definition) is 1. The second kappa shape index (κ2) is 9.00. The Balaban J connectivity index is 1.50. The fraction of sp³-hybridized carbons (Fsp3) is 0.440. The van der Waals surface area contributed by atoms with Gasteiger partial charge in [0.1, 0.15) is 0 Å². The molecule has 2 aliphatic rings. The van der Waals surface area contributed by atoms with E-state index in [4.69, 9.17) is 0 Å². The number of rotatable bonds is 3. The molecule has 30 heavy (non-hydrogen) atoms. The van der Waals surface area contributed by atoms with Gasteiger partial charge in [0.25, 0.3) is 5.91 Å². The maximum Gasteiger partial charge on any atom is 0.254 e. The summed E-state index contributed by atoms with van der Waals surface area (Å²) in [6, 6.07) is 14.0. The first kappa shape index (κ1) is 20.6. The highest BCUT2D eigenvalue weighted by Gasteiger charge is 2.25. The van der Waals surface area contributed by atoms with E-state index in [2.05, 4.69) is 35.5 Å². The summed E-state index contributed by atoms with van der Waals surface area (Å²) in [6.45, 7) is 5.19. The van der Waals surface area contributed by atoms with Crippen molar-refractivity contribution in [1.29, 1.82) is 0 Å². The highest BCUT2D eigenvalue weighted by molar-refractivity contribution is 5.98. The van der Waals surface area contributed by atoms with Crippen molar-refractivity contribution < 1.29 is 9.59 Å². The average molecular weight is 406 g/mol. The van der Waals surface area contributed by atoms with E-state index in [1.54, 1.807) is 0 Å². The number of carbonyl (C=O) groups is 2. The number of benzene rings is 2. The van der Waals surface area contributed by atoms with Gasteiger partial charge in [-0.3, -0.25) is 9.59 Å². The Kier molecular flexibility index (Phi) is 6.18. The van der Waals surface area contributed by atoms with Crippen LogP contribution in [0.3, 0.4) is 0 Å². The summed E-state index contributed by atoms with van der Waals surface area (Å²) in [5, 5.41) is 3.09. The van der Waals surface area contributed by atoms with Crippen molar-refractivity contribution in [3.63, 3.8) is 0 Å². The molecule has 0 spiro atoms. The van der Waals surface area contributed by atoms with Gasteiger partial charge >= 0.3 is 0 Å². The van der Waals surface area contributed by atoms with Gasteiger partial charge in [-0.05, 0) is 75.0 Å². The lowest BCUT2D eigenvalue weighted by molar-refractivity contribution is -0.121. The number of carbonyl (C=O) groups excluding carboxylic acids is 2. The van der Waals surface area contributed by atoms with Crippen LogP contribution in [0.25, 0.3) is 0 Å². The zero-order valence-corrected chi connectivity index (χ0v) is 18.0. The third-order valence-corrected chi connectivity index (χ3v) is 6.38. The largest absolute Gasteiger partial charge is 0.334 e. The first-order valence-electron chi connectivity index (χ1n) is 11.0. The van der Waals surface area contributed by atoms with Crippen molar-refractivity contribution >= 4 is 17.5 Å². The van der Waals surface area contributed by atoms with Gasteiger partial charge < -0.3 is 15.1 Å². The molecule has 0 radical (unpaired) electrons. The van der Waals surface area contributed by atoms with Gasteiger partial charge in [0.2, 0.25) is 5.91 Å². The standard InChI is InChI=1S/C25H31N3O2/c1-18-11-12-20(15-23(18)26-24(29)22-10-5-13-27(2)16-22)25(30)28-14-6-9-19-7-3-4-8-21(19)17-28/h3-4,7-8,11-12,15,22H,5-6,9-10,13-14,16-17H2,1-2H3,(H,26,29). The van der Waals surface area contributed by atoms with E-state index in [-0.39, 0.29) is 17.7 Å². The molecule has 2 amide bonds. The lowest BCUT2D eigenvalue weighted by atomic mass is 9.97. The monoisotopic (exact) mass is 405 g/mol. The first-order valence-corrected chi connectivity index (χ1v) is 11.0. The molecule has 2 heterocycles. The summed E-state index contributed by atoms with van der Waals surface area (Å²) in [7, 11) is 2.06. The summed E-state index contributed by atoms with van der Waals surface area (Å²) < 4.78 is 0. The van der Waals surface area contributed by atoms with Crippen LogP contribution in [0.5, 0.6) is 0 Å². The summed E-state index contributed by atoms with van der Waals surface area (Å²) in [5.74, 6) is 0.0853. The van der Waals surface area contributed by atoms with Crippen molar-refractivity contribution in [3.8, 4) is 0 Å². The number of nitrogens with zero attached hydrogens (tertiary/aromatic N) is 2. The van der Waals surface area contributed by atoms with E-state index in [1.165, 1.54) is 11.1 Å². The fourth-order valence-corrected chi connectivity index (χ4v) is 4.56. The molecule has 2 aliphatic heterocycles. The number of likely N-dealkylation sites (tertiary alicyclic amines) is 1. The molecule has 1 atom stereocenters. The summed E-state index contributed by atoms with van der Waals surface area (Å²) >= 11 is 0. The fourth-order valence-electron chi connectivity index (χ4n) is 4.56. The lowest BCUT2D eigenvalue weighted by Crippen LogP contribution is -2.38. The van der Waals surface area contributed by atoms with E-state index in [1.807, 2.05) is 36.1 Å². The number of piperidine rings is 1. The quantitative estimate of drug-likeness (QED) is 0.844.